The molecule has 1 fully saturated rings. The van der Waals surface area contributed by atoms with E-state index in [1.54, 1.807) is 6.07 Å². The number of hydrogen-bond acceptors (Lipinski definition) is 2. The number of hydrogen-bond donors (Lipinski definition) is 1. The summed E-state index contributed by atoms with van der Waals surface area (Å²) in [6.45, 7) is 6.05. The molecule has 1 aromatic carbocycles. The molecular formula is C15H21BrFNO. The van der Waals surface area contributed by atoms with Crippen LogP contribution in [0.2, 0.25) is 0 Å². The molecule has 3 atom stereocenters. The van der Waals surface area contributed by atoms with Crippen LogP contribution in [0.25, 0.3) is 0 Å². The summed E-state index contributed by atoms with van der Waals surface area (Å²) >= 11 is 3.35. The minimum atomic E-state index is -0.194. The molecule has 0 spiro atoms. The van der Waals surface area contributed by atoms with Gasteiger partial charge in [0.15, 0.2) is 0 Å². The van der Waals surface area contributed by atoms with E-state index >= 15 is 0 Å². The van der Waals surface area contributed by atoms with Gasteiger partial charge < -0.3 is 10.1 Å². The molecule has 1 aliphatic rings. The summed E-state index contributed by atoms with van der Waals surface area (Å²) in [5.74, 6) is 0.362. The number of benzene rings is 1. The lowest BCUT2D eigenvalue weighted by Crippen LogP contribution is -2.43. The van der Waals surface area contributed by atoms with E-state index in [4.69, 9.17) is 4.74 Å². The third-order valence-corrected chi connectivity index (χ3v) is 4.14. The first-order valence-corrected chi connectivity index (χ1v) is 7.69. The monoisotopic (exact) mass is 329 g/mol. The molecule has 0 radical (unpaired) electrons. The molecule has 4 heteroatoms. The van der Waals surface area contributed by atoms with Crippen molar-refractivity contribution in [1.29, 1.82) is 0 Å². The van der Waals surface area contributed by atoms with Crippen LogP contribution in [-0.4, -0.2) is 25.3 Å². The lowest BCUT2D eigenvalue weighted by Gasteiger charge is -2.27. The Bertz CT molecular complexity index is 406. The average molecular weight is 330 g/mol. The van der Waals surface area contributed by atoms with Crippen molar-refractivity contribution in [1.82, 2.24) is 5.32 Å². The Kier molecular flexibility index (Phi) is 5.37. The van der Waals surface area contributed by atoms with Crippen molar-refractivity contribution in [2.75, 3.05) is 13.2 Å². The minimum Gasteiger partial charge on any atom is -0.376 e. The molecule has 1 aromatic rings. The first kappa shape index (κ1) is 14.9. The second-order valence-electron chi connectivity index (χ2n) is 5.25. The quantitative estimate of drug-likeness (QED) is 0.892. The van der Waals surface area contributed by atoms with Crippen LogP contribution in [0.5, 0.6) is 0 Å². The molecule has 0 bridgehead atoms. The van der Waals surface area contributed by atoms with Crippen molar-refractivity contribution in [2.24, 2.45) is 5.92 Å². The Labute approximate surface area is 122 Å². The maximum atomic E-state index is 13.4. The van der Waals surface area contributed by atoms with Gasteiger partial charge in [0, 0.05) is 17.1 Å². The lowest BCUT2D eigenvalue weighted by atomic mass is 9.93. The van der Waals surface area contributed by atoms with Crippen molar-refractivity contribution < 1.29 is 9.13 Å². The van der Waals surface area contributed by atoms with Gasteiger partial charge in [0.05, 0.1) is 6.10 Å². The van der Waals surface area contributed by atoms with Gasteiger partial charge in [-0.05, 0) is 49.1 Å². The van der Waals surface area contributed by atoms with E-state index in [2.05, 4.69) is 35.1 Å². The second kappa shape index (κ2) is 6.82. The standard InChI is InChI=1S/C15H21BrFNO/c1-3-18-14(15-10(2)4-5-19-15)8-11-6-12(16)9-13(17)7-11/h6-7,9-10,14-15,18H,3-5,8H2,1-2H3. The van der Waals surface area contributed by atoms with Crippen molar-refractivity contribution in [2.45, 2.75) is 38.8 Å². The van der Waals surface area contributed by atoms with Gasteiger partial charge in [-0.15, -0.1) is 0 Å². The van der Waals surface area contributed by atoms with Crippen LogP contribution in [0.1, 0.15) is 25.8 Å². The number of rotatable bonds is 5. The van der Waals surface area contributed by atoms with Gasteiger partial charge in [-0.2, -0.15) is 0 Å². The molecule has 1 N–H and O–H groups in total. The fourth-order valence-electron chi connectivity index (χ4n) is 2.78. The highest BCUT2D eigenvalue weighted by Gasteiger charge is 2.31. The Hall–Kier alpha value is -0.450. The summed E-state index contributed by atoms with van der Waals surface area (Å²) < 4.78 is 20.1. The molecule has 0 amide bonds. The molecular weight excluding hydrogens is 309 g/mol. The normalized spacial score (nSPS) is 24.6. The van der Waals surface area contributed by atoms with Crippen LogP contribution in [0.4, 0.5) is 4.39 Å². The number of ether oxygens (including phenoxy) is 1. The van der Waals surface area contributed by atoms with Crippen LogP contribution in [0.15, 0.2) is 22.7 Å². The molecule has 2 rings (SSSR count). The highest BCUT2D eigenvalue weighted by molar-refractivity contribution is 9.10. The van der Waals surface area contributed by atoms with Crippen molar-refractivity contribution in [3.8, 4) is 0 Å². The summed E-state index contributed by atoms with van der Waals surface area (Å²) in [6.07, 6.45) is 2.13. The van der Waals surface area contributed by atoms with E-state index in [-0.39, 0.29) is 18.0 Å². The predicted octanol–water partition coefficient (Wildman–Crippen LogP) is 3.53. The maximum absolute atomic E-state index is 13.4. The first-order valence-electron chi connectivity index (χ1n) is 6.90. The van der Waals surface area contributed by atoms with Gasteiger partial charge in [-0.25, -0.2) is 4.39 Å². The van der Waals surface area contributed by atoms with E-state index in [1.165, 1.54) is 6.07 Å². The molecule has 1 saturated heterocycles. The largest absolute Gasteiger partial charge is 0.376 e. The highest BCUT2D eigenvalue weighted by Crippen LogP contribution is 2.25. The zero-order valence-corrected chi connectivity index (χ0v) is 13.0. The fourth-order valence-corrected chi connectivity index (χ4v) is 3.29. The van der Waals surface area contributed by atoms with E-state index in [1.807, 2.05) is 6.07 Å². The third kappa shape index (κ3) is 4.01. The maximum Gasteiger partial charge on any atom is 0.124 e. The van der Waals surface area contributed by atoms with Crippen LogP contribution >= 0.6 is 15.9 Å². The Morgan fingerprint density at radius 2 is 2.26 bits per heavy atom. The topological polar surface area (TPSA) is 21.3 Å². The first-order chi connectivity index (χ1) is 9.10. The van der Waals surface area contributed by atoms with Crippen LogP contribution in [0.3, 0.4) is 0 Å². The average Bonchev–Trinajstić information content (AvgIpc) is 2.73. The molecule has 106 valence electrons. The minimum absolute atomic E-state index is 0.194. The van der Waals surface area contributed by atoms with Crippen molar-refractivity contribution in [3.05, 3.63) is 34.1 Å². The van der Waals surface area contributed by atoms with Gasteiger partial charge in [0.25, 0.3) is 0 Å². The van der Waals surface area contributed by atoms with Crippen molar-refractivity contribution in [3.63, 3.8) is 0 Å². The van der Waals surface area contributed by atoms with Gasteiger partial charge >= 0.3 is 0 Å². The van der Waals surface area contributed by atoms with Gasteiger partial charge in [0.1, 0.15) is 5.82 Å². The smallest absolute Gasteiger partial charge is 0.124 e. The summed E-state index contributed by atoms with van der Waals surface area (Å²) in [5.41, 5.74) is 1.00. The summed E-state index contributed by atoms with van der Waals surface area (Å²) in [4.78, 5) is 0. The predicted molar refractivity (Wildman–Crippen MR) is 78.8 cm³/mol. The van der Waals surface area contributed by atoms with E-state index < -0.39 is 0 Å². The molecule has 1 aliphatic heterocycles. The number of halogens is 2. The molecule has 19 heavy (non-hydrogen) atoms. The number of likely N-dealkylation sites (N-methyl/N-ethyl adjacent to an activating group) is 1. The molecule has 3 unspecified atom stereocenters. The van der Waals surface area contributed by atoms with E-state index in [0.29, 0.717) is 5.92 Å². The van der Waals surface area contributed by atoms with Crippen LogP contribution in [-0.2, 0) is 11.2 Å². The van der Waals surface area contributed by atoms with E-state index in [9.17, 15) is 4.39 Å². The van der Waals surface area contributed by atoms with E-state index in [0.717, 1.165) is 36.0 Å². The molecule has 0 aliphatic carbocycles. The molecule has 0 saturated carbocycles. The molecule has 2 nitrogen and oxygen atoms in total. The fraction of sp³-hybridized carbons (Fsp3) is 0.600. The number of nitrogens with one attached hydrogen (secondary N) is 1. The van der Waals surface area contributed by atoms with Gasteiger partial charge in [-0.3, -0.25) is 0 Å². The summed E-state index contributed by atoms with van der Waals surface area (Å²) in [5, 5.41) is 3.48. The van der Waals surface area contributed by atoms with Gasteiger partial charge in [-0.1, -0.05) is 29.8 Å². The zero-order chi connectivity index (χ0) is 13.8. The summed E-state index contributed by atoms with van der Waals surface area (Å²) in [7, 11) is 0. The molecule has 1 heterocycles. The van der Waals surface area contributed by atoms with Crippen molar-refractivity contribution >= 4 is 15.9 Å². The van der Waals surface area contributed by atoms with Gasteiger partial charge in [0.2, 0.25) is 0 Å². The lowest BCUT2D eigenvalue weighted by molar-refractivity contribution is 0.0615. The zero-order valence-electron chi connectivity index (χ0n) is 11.5. The highest BCUT2D eigenvalue weighted by atomic mass is 79.9. The third-order valence-electron chi connectivity index (χ3n) is 3.69. The second-order valence-corrected chi connectivity index (χ2v) is 6.16. The van der Waals surface area contributed by atoms with Crippen LogP contribution < -0.4 is 5.32 Å². The van der Waals surface area contributed by atoms with Crippen LogP contribution in [0, 0.1) is 11.7 Å². The Morgan fingerprint density at radius 3 is 2.84 bits per heavy atom. The Balaban J connectivity index is 2.11. The molecule has 0 aromatic heterocycles. The summed E-state index contributed by atoms with van der Waals surface area (Å²) in [6, 6.07) is 5.32. The SMILES string of the molecule is CCNC(Cc1cc(F)cc(Br)c1)C1OCCC1C. The Morgan fingerprint density at radius 1 is 1.47 bits per heavy atom.